The molecule has 0 radical (unpaired) electrons. The lowest BCUT2D eigenvalue weighted by Gasteiger charge is -2.37. The number of carbonyl (C=O) groups excluding carboxylic acids is 1. The van der Waals surface area contributed by atoms with Crippen LogP contribution < -0.4 is 0 Å². The topological polar surface area (TPSA) is 119 Å². The third kappa shape index (κ3) is 2.95. The van der Waals surface area contributed by atoms with Gasteiger partial charge in [-0.3, -0.25) is 14.9 Å². The summed E-state index contributed by atoms with van der Waals surface area (Å²) in [5.74, 6) is -2.48. The Morgan fingerprint density at radius 3 is 2.33 bits per heavy atom. The van der Waals surface area contributed by atoms with Crippen molar-refractivity contribution < 1.29 is 29.1 Å². The van der Waals surface area contributed by atoms with Crippen molar-refractivity contribution in [3.63, 3.8) is 0 Å². The van der Waals surface area contributed by atoms with Crippen LogP contribution in [0.2, 0.25) is 0 Å². The van der Waals surface area contributed by atoms with Gasteiger partial charge in [0.05, 0.1) is 29.3 Å². The third-order valence-electron chi connectivity index (χ3n) is 4.30. The number of nitrogens with zero attached hydrogens (tertiary/aromatic N) is 2. The number of ether oxygens (including phenoxy) is 2. The van der Waals surface area contributed by atoms with Crippen molar-refractivity contribution in [2.45, 2.75) is 18.6 Å². The molecule has 128 valence electrons. The lowest BCUT2D eigenvalue weighted by atomic mass is 10.0. The van der Waals surface area contributed by atoms with E-state index in [1.165, 1.54) is 11.0 Å². The Kier molecular flexibility index (Phi) is 4.20. The average Bonchev–Trinajstić information content (AvgIpc) is 3.02. The zero-order chi connectivity index (χ0) is 17.3. The smallest absolute Gasteiger partial charge is 0.336 e. The van der Waals surface area contributed by atoms with Crippen LogP contribution in [-0.2, 0) is 9.47 Å². The molecule has 1 N–H and O–H groups in total. The highest BCUT2D eigenvalue weighted by atomic mass is 16.7. The lowest BCUT2D eigenvalue weighted by molar-refractivity contribution is -0.384. The van der Waals surface area contributed by atoms with Gasteiger partial charge in [0.15, 0.2) is 5.79 Å². The number of amides is 1. The molecule has 0 bridgehead atoms. The average molecular weight is 336 g/mol. The van der Waals surface area contributed by atoms with Crippen LogP contribution >= 0.6 is 0 Å². The first-order chi connectivity index (χ1) is 11.4. The molecule has 24 heavy (non-hydrogen) atoms. The van der Waals surface area contributed by atoms with Crippen LogP contribution in [-0.4, -0.2) is 58.9 Å². The summed E-state index contributed by atoms with van der Waals surface area (Å²) in [7, 11) is 0. The number of rotatable bonds is 3. The standard InChI is InChI=1S/C15H16N2O7/c18-13(16-5-3-15(4-6-16)23-7-8-24-15)11-2-1-10(17(21)22)9-12(11)14(19)20/h1-2,9H,3-8H2,(H,19,20). The van der Waals surface area contributed by atoms with E-state index in [2.05, 4.69) is 0 Å². The van der Waals surface area contributed by atoms with Gasteiger partial charge in [-0.05, 0) is 6.07 Å². The van der Waals surface area contributed by atoms with Crippen molar-refractivity contribution in [1.82, 2.24) is 4.90 Å². The van der Waals surface area contributed by atoms with Crippen molar-refractivity contribution in [2.75, 3.05) is 26.3 Å². The molecule has 9 heteroatoms. The van der Waals surface area contributed by atoms with Gasteiger partial charge in [-0.1, -0.05) is 0 Å². The third-order valence-corrected chi connectivity index (χ3v) is 4.30. The predicted octanol–water partition coefficient (Wildman–Crippen LogP) is 1.27. The maximum Gasteiger partial charge on any atom is 0.336 e. The van der Waals surface area contributed by atoms with Gasteiger partial charge >= 0.3 is 5.97 Å². The summed E-state index contributed by atoms with van der Waals surface area (Å²) in [6, 6.07) is 3.23. The van der Waals surface area contributed by atoms with Gasteiger partial charge in [-0.2, -0.15) is 0 Å². The van der Waals surface area contributed by atoms with Crippen LogP contribution in [0, 0.1) is 10.1 Å². The molecule has 2 fully saturated rings. The normalized spacial score (nSPS) is 19.4. The number of likely N-dealkylation sites (tertiary alicyclic amines) is 1. The number of nitro benzene ring substituents is 1. The molecule has 0 aromatic heterocycles. The number of aromatic carboxylic acids is 1. The molecule has 0 unspecified atom stereocenters. The zero-order valence-electron chi connectivity index (χ0n) is 12.8. The summed E-state index contributed by atoms with van der Waals surface area (Å²) in [5, 5.41) is 20.0. The lowest BCUT2D eigenvalue weighted by Crippen LogP contribution is -2.47. The fraction of sp³-hybridized carbons (Fsp3) is 0.467. The van der Waals surface area contributed by atoms with Crippen LogP contribution in [0.25, 0.3) is 0 Å². The molecule has 0 atom stereocenters. The van der Waals surface area contributed by atoms with Gasteiger partial charge in [0, 0.05) is 38.1 Å². The molecule has 1 aromatic rings. The number of carbonyl (C=O) groups is 2. The van der Waals surface area contributed by atoms with Crippen molar-refractivity contribution in [2.24, 2.45) is 0 Å². The maximum atomic E-state index is 12.6. The number of carboxylic acid groups (broad SMARTS) is 1. The number of benzene rings is 1. The molecule has 3 rings (SSSR count). The van der Waals surface area contributed by atoms with E-state index in [4.69, 9.17) is 9.47 Å². The summed E-state index contributed by atoms with van der Waals surface area (Å²) < 4.78 is 11.2. The Morgan fingerprint density at radius 2 is 1.79 bits per heavy atom. The fourth-order valence-corrected chi connectivity index (χ4v) is 3.02. The van der Waals surface area contributed by atoms with Crippen LogP contribution in [0.1, 0.15) is 33.6 Å². The Balaban J connectivity index is 1.80. The molecule has 2 saturated heterocycles. The summed E-state index contributed by atoms with van der Waals surface area (Å²) >= 11 is 0. The number of nitro groups is 1. The van der Waals surface area contributed by atoms with E-state index in [1.54, 1.807) is 0 Å². The van der Waals surface area contributed by atoms with Gasteiger partial charge < -0.3 is 19.5 Å². The van der Waals surface area contributed by atoms with E-state index < -0.39 is 22.6 Å². The second-order valence-electron chi connectivity index (χ2n) is 5.69. The monoisotopic (exact) mass is 336 g/mol. The van der Waals surface area contributed by atoms with Crippen LogP contribution in [0.4, 0.5) is 5.69 Å². The minimum atomic E-state index is -1.38. The van der Waals surface area contributed by atoms with Crippen molar-refractivity contribution in [3.05, 3.63) is 39.4 Å². The van der Waals surface area contributed by atoms with E-state index in [-0.39, 0.29) is 16.8 Å². The zero-order valence-corrected chi connectivity index (χ0v) is 12.8. The first-order valence-corrected chi connectivity index (χ1v) is 7.51. The first kappa shape index (κ1) is 16.3. The highest BCUT2D eigenvalue weighted by molar-refractivity contribution is 6.05. The molecule has 2 aliphatic heterocycles. The highest BCUT2D eigenvalue weighted by Crippen LogP contribution is 2.32. The van der Waals surface area contributed by atoms with E-state index in [0.29, 0.717) is 39.1 Å². The van der Waals surface area contributed by atoms with Gasteiger partial charge in [0.1, 0.15) is 0 Å². The van der Waals surface area contributed by atoms with Gasteiger partial charge in [-0.25, -0.2) is 4.79 Å². The molecule has 1 aromatic carbocycles. The summed E-state index contributed by atoms with van der Waals surface area (Å²) in [5.41, 5.74) is -0.797. The minimum absolute atomic E-state index is 0.0580. The number of hydrogen-bond donors (Lipinski definition) is 1. The van der Waals surface area contributed by atoms with Crippen LogP contribution in [0.5, 0.6) is 0 Å². The van der Waals surface area contributed by atoms with Gasteiger partial charge in [0.25, 0.3) is 11.6 Å². The van der Waals surface area contributed by atoms with E-state index >= 15 is 0 Å². The summed E-state index contributed by atoms with van der Waals surface area (Å²) in [6.45, 7) is 1.79. The SMILES string of the molecule is O=C(O)c1cc([N+](=O)[O-])ccc1C(=O)N1CCC2(CC1)OCCO2. The number of carboxylic acids is 1. The minimum Gasteiger partial charge on any atom is -0.478 e. The number of non-ortho nitro benzene ring substituents is 1. The van der Waals surface area contributed by atoms with Gasteiger partial charge in [0.2, 0.25) is 0 Å². The number of hydrogen-bond acceptors (Lipinski definition) is 6. The Bertz CT molecular complexity index is 687. The molecule has 0 saturated carbocycles. The fourth-order valence-electron chi connectivity index (χ4n) is 3.02. The van der Waals surface area contributed by atoms with Crippen molar-refractivity contribution in [1.29, 1.82) is 0 Å². The molecule has 9 nitrogen and oxygen atoms in total. The second-order valence-corrected chi connectivity index (χ2v) is 5.69. The first-order valence-electron chi connectivity index (χ1n) is 7.51. The van der Waals surface area contributed by atoms with Crippen LogP contribution in [0.3, 0.4) is 0 Å². The molecule has 2 heterocycles. The number of piperidine rings is 1. The molecule has 0 aliphatic carbocycles. The maximum absolute atomic E-state index is 12.6. The Labute approximate surface area is 136 Å². The van der Waals surface area contributed by atoms with Crippen molar-refractivity contribution >= 4 is 17.6 Å². The Hall–Kier alpha value is -2.52. The Morgan fingerprint density at radius 1 is 1.17 bits per heavy atom. The van der Waals surface area contributed by atoms with Crippen molar-refractivity contribution in [3.8, 4) is 0 Å². The largest absolute Gasteiger partial charge is 0.478 e. The quantitative estimate of drug-likeness (QED) is 0.652. The second kappa shape index (κ2) is 6.17. The van der Waals surface area contributed by atoms with E-state index in [0.717, 1.165) is 12.1 Å². The summed E-state index contributed by atoms with van der Waals surface area (Å²) in [4.78, 5) is 35.6. The molecule has 1 spiro atoms. The van der Waals surface area contributed by atoms with Crippen LogP contribution in [0.15, 0.2) is 18.2 Å². The predicted molar refractivity (Wildman–Crippen MR) is 79.8 cm³/mol. The molecular weight excluding hydrogens is 320 g/mol. The molecule has 2 aliphatic rings. The molecular formula is C15H16N2O7. The molecule has 1 amide bonds. The van der Waals surface area contributed by atoms with E-state index in [9.17, 15) is 24.8 Å². The highest BCUT2D eigenvalue weighted by Gasteiger charge is 2.41. The van der Waals surface area contributed by atoms with E-state index in [1.807, 2.05) is 0 Å². The van der Waals surface area contributed by atoms with Gasteiger partial charge in [-0.15, -0.1) is 0 Å². The summed E-state index contributed by atoms with van der Waals surface area (Å²) in [6.07, 6.45) is 1.02.